The number of benzene rings is 3. The number of ether oxygens (including phenoxy) is 1. The highest BCUT2D eigenvalue weighted by atomic mass is 35.5. The average molecular weight is 433 g/mol. The lowest BCUT2D eigenvalue weighted by Gasteiger charge is -2.18. The molecule has 3 aromatic rings. The third kappa shape index (κ3) is 3.80. The van der Waals surface area contributed by atoms with Crippen LogP contribution in [0.1, 0.15) is 16.7 Å². The molecule has 0 radical (unpaired) electrons. The Labute approximate surface area is 185 Å². The molecule has 0 saturated carbocycles. The number of carbonyl (C=O) groups excluding carboxylic acids is 2. The highest BCUT2D eigenvalue weighted by molar-refractivity contribution is 6.46. The normalized spacial score (nSPS) is 13.7. The maximum atomic E-state index is 13.5. The molecule has 0 aromatic heterocycles. The summed E-state index contributed by atoms with van der Waals surface area (Å²) in [5.74, 6) is -0.250. The second kappa shape index (κ2) is 8.28. The fourth-order valence-electron chi connectivity index (χ4n) is 3.69. The first-order valence-corrected chi connectivity index (χ1v) is 10.1. The summed E-state index contributed by atoms with van der Waals surface area (Å²) in [4.78, 5) is 28.3. The highest BCUT2D eigenvalue weighted by Crippen LogP contribution is 2.37. The standard InChI is InChI=1S/C25H21ClN2O3/c1-15-8-13-20(16(2)14-15)28-24(29)22(17-9-11-18(26)12-10-17)23(25(28)30)27-19-6-4-5-7-21(19)31-3/h4-14,27H,1-3H3. The molecule has 6 heteroatoms. The molecule has 1 N–H and O–H groups in total. The van der Waals surface area contributed by atoms with Gasteiger partial charge in [0.15, 0.2) is 0 Å². The van der Waals surface area contributed by atoms with Crippen molar-refractivity contribution in [2.24, 2.45) is 0 Å². The molecule has 1 heterocycles. The van der Waals surface area contributed by atoms with Gasteiger partial charge in [-0.3, -0.25) is 9.59 Å². The number of anilines is 2. The zero-order chi connectivity index (χ0) is 22.1. The molecule has 1 aliphatic heterocycles. The van der Waals surface area contributed by atoms with Gasteiger partial charge in [0.2, 0.25) is 0 Å². The van der Waals surface area contributed by atoms with E-state index in [1.807, 2.05) is 38.1 Å². The maximum absolute atomic E-state index is 13.5. The van der Waals surface area contributed by atoms with Crippen LogP contribution in [-0.4, -0.2) is 18.9 Å². The molecule has 3 aromatic carbocycles. The number of amides is 2. The van der Waals surface area contributed by atoms with E-state index in [9.17, 15) is 9.59 Å². The quantitative estimate of drug-likeness (QED) is 0.551. The number of halogens is 1. The number of hydrogen-bond acceptors (Lipinski definition) is 4. The average Bonchev–Trinajstić information content (AvgIpc) is 2.99. The van der Waals surface area contributed by atoms with Crippen LogP contribution in [0.25, 0.3) is 5.57 Å². The van der Waals surface area contributed by atoms with E-state index in [-0.39, 0.29) is 11.3 Å². The van der Waals surface area contributed by atoms with Gasteiger partial charge in [0, 0.05) is 5.02 Å². The molecule has 0 spiro atoms. The number of carbonyl (C=O) groups is 2. The molecule has 156 valence electrons. The van der Waals surface area contributed by atoms with Gasteiger partial charge in [0.05, 0.1) is 24.1 Å². The van der Waals surface area contributed by atoms with E-state index in [0.717, 1.165) is 11.1 Å². The molecule has 5 nitrogen and oxygen atoms in total. The number of nitrogens with zero attached hydrogens (tertiary/aromatic N) is 1. The lowest BCUT2D eigenvalue weighted by atomic mass is 10.0. The second-order valence-electron chi connectivity index (χ2n) is 7.32. The minimum Gasteiger partial charge on any atom is -0.495 e. The van der Waals surface area contributed by atoms with E-state index in [0.29, 0.717) is 27.7 Å². The van der Waals surface area contributed by atoms with Crippen molar-refractivity contribution >= 4 is 40.4 Å². The fraction of sp³-hybridized carbons (Fsp3) is 0.120. The Morgan fingerprint density at radius 2 is 1.61 bits per heavy atom. The van der Waals surface area contributed by atoms with Crippen molar-refractivity contribution in [2.45, 2.75) is 13.8 Å². The van der Waals surface area contributed by atoms with Crippen molar-refractivity contribution in [1.82, 2.24) is 0 Å². The van der Waals surface area contributed by atoms with Crippen molar-refractivity contribution in [3.63, 3.8) is 0 Å². The van der Waals surface area contributed by atoms with Crippen LogP contribution >= 0.6 is 11.6 Å². The van der Waals surface area contributed by atoms with Crippen molar-refractivity contribution in [2.75, 3.05) is 17.3 Å². The smallest absolute Gasteiger partial charge is 0.282 e. The van der Waals surface area contributed by atoms with Gasteiger partial charge in [-0.15, -0.1) is 0 Å². The lowest BCUT2D eigenvalue weighted by molar-refractivity contribution is -0.120. The summed E-state index contributed by atoms with van der Waals surface area (Å²) in [5, 5.41) is 3.69. The predicted octanol–water partition coefficient (Wildman–Crippen LogP) is 5.36. The van der Waals surface area contributed by atoms with Gasteiger partial charge in [-0.2, -0.15) is 0 Å². The first-order chi connectivity index (χ1) is 14.9. The zero-order valence-corrected chi connectivity index (χ0v) is 18.2. The molecule has 0 bridgehead atoms. The molecule has 0 aliphatic carbocycles. The fourth-order valence-corrected chi connectivity index (χ4v) is 3.81. The van der Waals surface area contributed by atoms with Gasteiger partial charge in [0.1, 0.15) is 11.4 Å². The number of methoxy groups -OCH3 is 1. The number of para-hydroxylation sites is 2. The molecule has 4 rings (SSSR count). The van der Waals surface area contributed by atoms with Crippen LogP contribution in [-0.2, 0) is 9.59 Å². The highest BCUT2D eigenvalue weighted by Gasteiger charge is 2.41. The van der Waals surface area contributed by atoms with Crippen molar-refractivity contribution < 1.29 is 14.3 Å². The first-order valence-electron chi connectivity index (χ1n) is 9.77. The lowest BCUT2D eigenvalue weighted by Crippen LogP contribution is -2.33. The third-order valence-corrected chi connectivity index (χ3v) is 5.43. The summed E-state index contributed by atoms with van der Waals surface area (Å²) in [6, 6.07) is 19.7. The molecule has 0 unspecified atom stereocenters. The van der Waals surface area contributed by atoms with Crippen molar-refractivity contribution in [1.29, 1.82) is 0 Å². The summed E-state index contributed by atoms with van der Waals surface area (Å²) >= 11 is 6.04. The van der Waals surface area contributed by atoms with Crippen LogP contribution < -0.4 is 15.0 Å². The number of imide groups is 1. The van der Waals surface area contributed by atoms with Gasteiger partial charge < -0.3 is 10.1 Å². The Morgan fingerprint density at radius 1 is 0.903 bits per heavy atom. The molecule has 0 atom stereocenters. The predicted molar refractivity (Wildman–Crippen MR) is 123 cm³/mol. The molecule has 31 heavy (non-hydrogen) atoms. The van der Waals surface area contributed by atoms with Crippen LogP contribution in [0.5, 0.6) is 5.75 Å². The minimum atomic E-state index is -0.423. The van der Waals surface area contributed by atoms with Crippen LogP contribution in [0.15, 0.2) is 72.4 Å². The Hall–Kier alpha value is -3.57. The number of hydrogen-bond donors (Lipinski definition) is 1. The van der Waals surface area contributed by atoms with E-state index in [4.69, 9.17) is 16.3 Å². The number of aryl methyl sites for hydroxylation is 2. The molecule has 1 aliphatic rings. The summed E-state index contributed by atoms with van der Waals surface area (Å²) in [6.07, 6.45) is 0. The Kier molecular flexibility index (Phi) is 5.53. The molecular weight excluding hydrogens is 412 g/mol. The van der Waals surface area contributed by atoms with Gasteiger partial charge in [-0.05, 0) is 55.3 Å². The SMILES string of the molecule is COc1ccccc1NC1=C(c2ccc(Cl)cc2)C(=O)N(c2ccc(C)cc2C)C1=O. The second-order valence-corrected chi connectivity index (χ2v) is 7.75. The monoisotopic (exact) mass is 432 g/mol. The topological polar surface area (TPSA) is 58.6 Å². The van der Waals surface area contributed by atoms with Crippen molar-refractivity contribution in [3.8, 4) is 5.75 Å². The Bertz CT molecular complexity index is 1220. The largest absolute Gasteiger partial charge is 0.495 e. The van der Waals surface area contributed by atoms with Crippen LogP contribution in [0.3, 0.4) is 0 Å². The summed E-state index contributed by atoms with van der Waals surface area (Å²) in [5.41, 5.74) is 4.13. The molecule has 2 amide bonds. The Balaban J connectivity index is 1.86. The van der Waals surface area contributed by atoms with Gasteiger partial charge >= 0.3 is 0 Å². The third-order valence-electron chi connectivity index (χ3n) is 5.18. The number of nitrogens with one attached hydrogen (secondary N) is 1. The van der Waals surface area contributed by atoms with E-state index in [1.165, 1.54) is 4.90 Å². The molecule has 0 fully saturated rings. The van der Waals surface area contributed by atoms with Crippen LogP contribution in [0.4, 0.5) is 11.4 Å². The summed E-state index contributed by atoms with van der Waals surface area (Å²) in [6.45, 7) is 3.85. The molecule has 0 saturated heterocycles. The van der Waals surface area contributed by atoms with Gasteiger partial charge in [-0.1, -0.05) is 53.6 Å². The summed E-state index contributed by atoms with van der Waals surface area (Å²) in [7, 11) is 1.55. The molecular formula is C25H21ClN2O3. The Morgan fingerprint density at radius 3 is 2.29 bits per heavy atom. The van der Waals surface area contributed by atoms with Gasteiger partial charge in [0.25, 0.3) is 11.8 Å². The van der Waals surface area contributed by atoms with E-state index >= 15 is 0 Å². The summed E-state index contributed by atoms with van der Waals surface area (Å²) < 4.78 is 5.41. The van der Waals surface area contributed by atoms with Crippen LogP contribution in [0, 0.1) is 13.8 Å². The zero-order valence-electron chi connectivity index (χ0n) is 17.4. The van der Waals surface area contributed by atoms with E-state index < -0.39 is 11.8 Å². The minimum absolute atomic E-state index is 0.191. The van der Waals surface area contributed by atoms with E-state index in [1.54, 1.807) is 49.6 Å². The van der Waals surface area contributed by atoms with Crippen molar-refractivity contribution in [3.05, 3.63) is 94.1 Å². The maximum Gasteiger partial charge on any atom is 0.282 e. The first kappa shape index (κ1) is 20.7. The van der Waals surface area contributed by atoms with Gasteiger partial charge in [-0.25, -0.2) is 4.90 Å². The number of rotatable bonds is 5. The van der Waals surface area contributed by atoms with Crippen LogP contribution in [0.2, 0.25) is 5.02 Å². The van der Waals surface area contributed by atoms with E-state index in [2.05, 4.69) is 5.32 Å².